The summed E-state index contributed by atoms with van der Waals surface area (Å²) in [5.41, 5.74) is 0.726. The van der Waals surface area contributed by atoms with Crippen molar-refractivity contribution in [2.24, 2.45) is 5.92 Å². The number of halogens is 2. The highest BCUT2D eigenvalue weighted by Gasteiger charge is 2.19. The minimum Gasteiger partial charge on any atom is -0.497 e. The zero-order chi connectivity index (χ0) is 15.9. The maximum absolute atomic E-state index is 12.6. The maximum atomic E-state index is 12.6. The summed E-state index contributed by atoms with van der Waals surface area (Å²) in [5, 5.41) is 9.26. The van der Waals surface area contributed by atoms with Crippen LogP contribution in [0.25, 0.3) is 0 Å². The van der Waals surface area contributed by atoms with Gasteiger partial charge in [0.1, 0.15) is 11.5 Å². The molecule has 0 amide bonds. The van der Waals surface area contributed by atoms with Gasteiger partial charge in [-0.25, -0.2) is 0 Å². The Labute approximate surface area is 129 Å². The SMILES string of the molecule is COc1ccc(CN2CCCC(CO)CC2)c(OC(F)F)c1. The van der Waals surface area contributed by atoms with Crippen molar-refractivity contribution >= 4 is 0 Å². The largest absolute Gasteiger partial charge is 0.497 e. The van der Waals surface area contributed by atoms with Crippen LogP contribution in [0.4, 0.5) is 8.78 Å². The molecule has 1 fully saturated rings. The van der Waals surface area contributed by atoms with Crippen LogP contribution in [0.3, 0.4) is 0 Å². The van der Waals surface area contributed by atoms with Crippen molar-refractivity contribution in [3.05, 3.63) is 23.8 Å². The van der Waals surface area contributed by atoms with Gasteiger partial charge >= 0.3 is 6.61 Å². The lowest BCUT2D eigenvalue weighted by Gasteiger charge is -2.22. The van der Waals surface area contributed by atoms with Gasteiger partial charge in [-0.15, -0.1) is 0 Å². The quantitative estimate of drug-likeness (QED) is 0.876. The van der Waals surface area contributed by atoms with Gasteiger partial charge in [-0.2, -0.15) is 8.78 Å². The highest BCUT2D eigenvalue weighted by Crippen LogP contribution is 2.28. The van der Waals surface area contributed by atoms with Gasteiger partial charge in [-0.1, -0.05) is 6.07 Å². The molecule has 0 aliphatic carbocycles. The molecule has 1 aliphatic heterocycles. The fourth-order valence-electron chi connectivity index (χ4n) is 2.80. The number of hydrogen-bond acceptors (Lipinski definition) is 4. The van der Waals surface area contributed by atoms with Crippen molar-refractivity contribution in [2.75, 3.05) is 26.8 Å². The van der Waals surface area contributed by atoms with Crippen LogP contribution >= 0.6 is 0 Å². The molecule has 1 aliphatic rings. The standard InChI is InChI=1S/C16H23F2NO3/c1-21-14-5-4-13(15(9-14)22-16(17)18)10-19-7-2-3-12(11-20)6-8-19/h4-5,9,12,16,20H,2-3,6-8,10-11H2,1H3. The molecule has 0 radical (unpaired) electrons. The van der Waals surface area contributed by atoms with Crippen molar-refractivity contribution in [1.82, 2.24) is 4.90 Å². The first-order chi connectivity index (χ1) is 10.6. The minimum atomic E-state index is -2.85. The molecule has 124 valence electrons. The molecular weight excluding hydrogens is 292 g/mol. The molecule has 4 nitrogen and oxygen atoms in total. The van der Waals surface area contributed by atoms with Gasteiger partial charge < -0.3 is 14.6 Å². The van der Waals surface area contributed by atoms with Crippen LogP contribution in [0.2, 0.25) is 0 Å². The minimum absolute atomic E-state index is 0.164. The van der Waals surface area contributed by atoms with Gasteiger partial charge in [0.15, 0.2) is 0 Å². The van der Waals surface area contributed by atoms with E-state index >= 15 is 0 Å². The van der Waals surface area contributed by atoms with E-state index in [2.05, 4.69) is 9.64 Å². The Morgan fingerprint density at radius 3 is 2.82 bits per heavy atom. The molecule has 0 spiro atoms. The average Bonchev–Trinajstić information content (AvgIpc) is 2.73. The Balaban J connectivity index is 2.07. The summed E-state index contributed by atoms with van der Waals surface area (Å²) in [4.78, 5) is 2.22. The van der Waals surface area contributed by atoms with E-state index in [1.165, 1.54) is 13.2 Å². The second-order valence-corrected chi connectivity index (χ2v) is 5.61. The molecule has 1 saturated heterocycles. The van der Waals surface area contributed by atoms with Crippen LogP contribution in [-0.2, 0) is 6.54 Å². The summed E-state index contributed by atoms with van der Waals surface area (Å²) in [6.45, 7) is -0.323. The molecular formula is C16H23F2NO3. The third-order valence-corrected chi connectivity index (χ3v) is 4.08. The van der Waals surface area contributed by atoms with E-state index in [4.69, 9.17) is 4.74 Å². The predicted octanol–water partition coefficient (Wildman–Crippen LogP) is 2.89. The summed E-state index contributed by atoms with van der Waals surface area (Å²) in [6.07, 6.45) is 2.94. The number of ether oxygens (including phenoxy) is 2. The fraction of sp³-hybridized carbons (Fsp3) is 0.625. The number of nitrogens with zero attached hydrogens (tertiary/aromatic N) is 1. The lowest BCUT2D eigenvalue weighted by molar-refractivity contribution is -0.0508. The topological polar surface area (TPSA) is 41.9 Å². The first-order valence-electron chi connectivity index (χ1n) is 7.57. The highest BCUT2D eigenvalue weighted by molar-refractivity contribution is 5.40. The second-order valence-electron chi connectivity index (χ2n) is 5.61. The third kappa shape index (κ3) is 4.81. The number of hydrogen-bond donors (Lipinski definition) is 1. The molecule has 22 heavy (non-hydrogen) atoms. The molecule has 0 aromatic heterocycles. The normalized spacial score (nSPS) is 20.0. The predicted molar refractivity (Wildman–Crippen MR) is 79.3 cm³/mol. The number of methoxy groups -OCH3 is 1. The molecule has 1 atom stereocenters. The van der Waals surface area contributed by atoms with Crippen LogP contribution in [0, 0.1) is 5.92 Å². The van der Waals surface area contributed by atoms with Gasteiger partial charge in [0.2, 0.25) is 0 Å². The lowest BCUT2D eigenvalue weighted by atomic mass is 10.0. The monoisotopic (exact) mass is 315 g/mol. The number of benzene rings is 1. The lowest BCUT2D eigenvalue weighted by Crippen LogP contribution is -2.25. The van der Waals surface area contributed by atoms with Crippen LogP contribution in [0.1, 0.15) is 24.8 Å². The number of likely N-dealkylation sites (tertiary alicyclic amines) is 1. The molecule has 1 aromatic rings. The average molecular weight is 315 g/mol. The Hall–Kier alpha value is -1.40. The molecule has 1 heterocycles. The summed E-state index contributed by atoms with van der Waals surface area (Å²) >= 11 is 0. The van der Waals surface area contributed by atoms with E-state index in [-0.39, 0.29) is 12.4 Å². The molecule has 1 unspecified atom stereocenters. The zero-order valence-corrected chi connectivity index (χ0v) is 12.8. The molecule has 6 heteroatoms. The number of aliphatic hydroxyl groups is 1. The van der Waals surface area contributed by atoms with Crippen molar-refractivity contribution in [3.63, 3.8) is 0 Å². The van der Waals surface area contributed by atoms with Crippen LogP contribution in [0.15, 0.2) is 18.2 Å². The van der Waals surface area contributed by atoms with E-state index in [9.17, 15) is 13.9 Å². The van der Waals surface area contributed by atoms with Gasteiger partial charge in [0, 0.05) is 24.8 Å². The summed E-state index contributed by atoms with van der Waals surface area (Å²) < 4.78 is 34.8. The number of alkyl halides is 2. The van der Waals surface area contributed by atoms with Crippen molar-refractivity contribution in [1.29, 1.82) is 0 Å². The van der Waals surface area contributed by atoms with Crippen LogP contribution < -0.4 is 9.47 Å². The number of rotatable bonds is 6. The van der Waals surface area contributed by atoms with E-state index in [0.29, 0.717) is 18.2 Å². The van der Waals surface area contributed by atoms with E-state index < -0.39 is 6.61 Å². The van der Waals surface area contributed by atoms with Crippen molar-refractivity contribution in [3.8, 4) is 11.5 Å². The van der Waals surface area contributed by atoms with Crippen molar-refractivity contribution in [2.45, 2.75) is 32.4 Å². The smallest absolute Gasteiger partial charge is 0.387 e. The van der Waals surface area contributed by atoms with Crippen LogP contribution in [0.5, 0.6) is 11.5 Å². The maximum Gasteiger partial charge on any atom is 0.387 e. The molecule has 2 rings (SSSR count). The summed E-state index contributed by atoms with van der Waals surface area (Å²) in [7, 11) is 1.49. The Kier molecular flexibility index (Phi) is 6.39. The Bertz CT molecular complexity index is 471. The third-order valence-electron chi connectivity index (χ3n) is 4.08. The van der Waals surface area contributed by atoms with Crippen LogP contribution in [-0.4, -0.2) is 43.4 Å². The molecule has 1 N–H and O–H groups in total. The van der Waals surface area contributed by atoms with E-state index in [0.717, 1.165) is 37.9 Å². The highest BCUT2D eigenvalue weighted by atomic mass is 19.3. The molecule has 0 saturated carbocycles. The van der Waals surface area contributed by atoms with Gasteiger partial charge in [-0.3, -0.25) is 4.90 Å². The fourth-order valence-corrected chi connectivity index (χ4v) is 2.80. The van der Waals surface area contributed by atoms with E-state index in [1.807, 2.05) is 0 Å². The summed E-state index contributed by atoms with van der Waals surface area (Å²) in [6, 6.07) is 5.02. The Morgan fingerprint density at radius 1 is 1.32 bits per heavy atom. The first-order valence-corrected chi connectivity index (χ1v) is 7.57. The molecule has 1 aromatic carbocycles. The second kappa shape index (κ2) is 8.29. The van der Waals surface area contributed by atoms with E-state index in [1.54, 1.807) is 12.1 Å². The van der Waals surface area contributed by atoms with Gasteiger partial charge in [-0.05, 0) is 44.3 Å². The summed E-state index contributed by atoms with van der Waals surface area (Å²) in [5.74, 6) is 1.01. The van der Waals surface area contributed by atoms with Gasteiger partial charge in [0.05, 0.1) is 7.11 Å². The number of aliphatic hydroxyl groups excluding tert-OH is 1. The van der Waals surface area contributed by atoms with Gasteiger partial charge in [0.25, 0.3) is 0 Å². The van der Waals surface area contributed by atoms with Crippen molar-refractivity contribution < 1.29 is 23.4 Å². The Morgan fingerprint density at radius 2 is 2.14 bits per heavy atom. The molecule has 0 bridgehead atoms. The zero-order valence-electron chi connectivity index (χ0n) is 12.8. The first kappa shape index (κ1) is 17.0.